The third-order valence-corrected chi connectivity index (χ3v) is 30.0. The molecule has 7 heteroatoms. The van der Waals surface area contributed by atoms with Crippen molar-refractivity contribution in [1.29, 1.82) is 0 Å². The van der Waals surface area contributed by atoms with Crippen molar-refractivity contribution in [3.63, 3.8) is 0 Å². The normalized spacial score (nSPS) is 13.5. The van der Waals surface area contributed by atoms with Gasteiger partial charge in [-0.15, -0.1) is 0 Å². The maximum Gasteiger partial charge on any atom is 0.333 e. The number of rotatable bonds is 7. The fourth-order valence-corrected chi connectivity index (χ4v) is 25.3. The Morgan fingerprint density at radius 3 is 1.14 bits per heavy atom. The molecule has 20 aromatic carbocycles. The van der Waals surface area contributed by atoms with E-state index in [1.54, 1.807) is 0 Å². The first-order valence-electron chi connectivity index (χ1n) is 47.4. The highest BCUT2D eigenvalue weighted by Gasteiger charge is 2.49. The zero-order chi connectivity index (χ0) is 89.5. The van der Waals surface area contributed by atoms with Gasteiger partial charge in [0.1, 0.15) is 11.2 Å². The fraction of sp³-hybridized carbons (Fsp3) is 0.127. The van der Waals surface area contributed by atoms with Gasteiger partial charge in [0, 0.05) is 105 Å². The average molecular weight is 1700 g/mol. The molecule has 4 aliphatic rings. The number of furan rings is 1. The molecule has 0 spiro atoms. The Morgan fingerprint density at radius 1 is 0.233 bits per heavy atom. The van der Waals surface area contributed by atoms with Crippen LogP contribution in [-0.2, 0) is 21.7 Å². The number of aromatic nitrogens is 2. The first-order chi connectivity index (χ1) is 64.6. The molecule has 632 valence electrons. The van der Waals surface area contributed by atoms with E-state index in [4.69, 9.17) is 4.42 Å². The Bertz CT molecular complexity index is 8940. The standard InChI is InChI=1S/C126H96B2N4O/c1-123(2,3)114-85-50-27-29-52-87(85)116(125(7,8)9)98-70-105-101(68-96(98)114)127-118-107(129(105)80-63-78(73-38-17-13-18-39-73)62-79(64-80)74-40-19-14-20-41-74)65-77-46-25-26-47-82(77)112(118)92-57-36-56-91-111-90(55-37-60-104(111)132(127)121(91)92)110-94(75-42-21-15-22-43-75)66-81(67-95(110)76-44-23-16-24-45-76)130-106-71-99-97(115(124(4,5)6)86-51-28-30-53-88(86)117(99)126(10,11)12)69-102(106)128-119-108(130)72-100-84-49-32-34-61-109(84)133-122(100)113(119)93-58-35-54-89-83-48-31-33-59-103(83)131(128)120(89)93/h13-72H,1-12H3. The van der Waals surface area contributed by atoms with Crippen LogP contribution < -0.4 is 31.7 Å². The fourth-order valence-electron chi connectivity index (χ4n) is 25.3. The van der Waals surface area contributed by atoms with E-state index >= 15 is 0 Å². The van der Waals surface area contributed by atoms with Gasteiger partial charge in [0.25, 0.3) is 0 Å². The van der Waals surface area contributed by atoms with Gasteiger partial charge in [-0.25, -0.2) is 0 Å². The first-order valence-corrected chi connectivity index (χ1v) is 47.4. The summed E-state index contributed by atoms with van der Waals surface area (Å²) in [6, 6.07) is 140. The minimum absolute atomic E-state index is 0.253. The molecule has 0 radical (unpaired) electrons. The van der Waals surface area contributed by atoms with Crippen LogP contribution in [0.15, 0.2) is 368 Å². The zero-order valence-corrected chi connectivity index (χ0v) is 77.0. The highest BCUT2D eigenvalue weighted by molar-refractivity contribution is 6.91. The molecule has 5 nitrogen and oxygen atoms in total. The maximum atomic E-state index is 7.48. The molecule has 23 aromatic rings. The lowest BCUT2D eigenvalue weighted by Crippen LogP contribution is -2.56. The molecular formula is C126H96B2N4O. The van der Waals surface area contributed by atoms with E-state index in [1.165, 1.54) is 192 Å². The van der Waals surface area contributed by atoms with Crippen LogP contribution in [0, 0.1) is 0 Å². The Labute approximate surface area is 775 Å². The van der Waals surface area contributed by atoms with Crippen LogP contribution in [0.5, 0.6) is 0 Å². The van der Waals surface area contributed by atoms with Crippen LogP contribution in [0.4, 0.5) is 34.1 Å². The van der Waals surface area contributed by atoms with Gasteiger partial charge in [-0.1, -0.05) is 374 Å². The lowest BCUT2D eigenvalue weighted by Gasteiger charge is -2.42. The van der Waals surface area contributed by atoms with Gasteiger partial charge in [-0.05, 0) is 254 Å². The summed E-state index contributed by atoms with van der Waals surface area (Å²) in [5, 5.41) is 19.9. The lowest BCUT2D eigenvalue weighted by molar-refractivity contribution is 0.593. The predicted octanol–water partition coefficient (Wildman–Crippen LogP) is 31.9. The lowest BCUT2D eigenvalue weighted by atomic mass is 9.44. The average Bonchev–Trinajstić information content (AvgIpc) is 1.60. The predicted molar refractivity (Wildman–Crippen MR) is 570 cm³/mol. The zero-order valence-electron chi connectivity index (χ0n) is 77.0. The van der Waals surface area contributed by atoms with Crippen molar-refractivity contribution in [1.82, 2.24) is 8.96 Å². The molecule has 7 heterocycles. The molecule has 0 fully saturated rings. The van der Waals surface area contributed by atoms with Gasteiger partial charge in [0.15, 0.2) is 0 Å². The molecule has 0 unspecified atom stereocenters. The molecule has 133 heavy (non-hydrogen) atoms. The molecule has 3 aromatic heterocycles. The number of benzene rings is 20. The van der Waals surface area contributed by atoms with Crippen molar-refractivity contribution in [2.24, 2.45) is 0 Å². The van der Waals surface area contributed by atoms with E-state index in [0.29, 0.717) is 0 Å². The topological polar surface area (TPSA) is 29.5 Å². The summed E-state index contributed by atoms with van der Waals surface area (Å²) < 4.78 is 13.0. The van der Waals surface area contributed by atoms with E-state index < -0.39 is 0 Å². The minimum Gasteiger partial charge on any atom is -0.455 e. The molecule has 0 N–H and O–H groups in total. The molecule has 0 saturated heterocycles. The highest BCUT2D eigenvalue weighted by atomic mass is 16.3. The number of fused-ring (bicyclic) bond motifs is 24. The van der Waals surface area contributed by atoms with Gasteiger partial charge < -0.3 is 23.2 Å². The van der Waals surface area contributed by atoms with Crippen molar-refractivity contribution < 1.29 is 4.42 Å². The summed E-state index contributed by atoms with van der Waals surface area (Å²) in [4.78, 5) is 5.41. The summed E-state index contributed by atoms with van der Waals surface area (Å²) in [6.45, 7) is 28.5. The Morgan fingerprint density at radius 2 is 0.609 bits per heavy atom. The van der Waals surface area contributed by atoms with Gasteiger partial charge in [0.2, 0.25) is 0 Å². The summed E-state index contributed by atoms with van der Waals surface area (Å²) in [5.41, 5.74) is 39.2. The number of nitrogens with zero attached hydrogens (tertiary/aromatic N) is 4. The largest absolute Gasteiger partial charge is 0.455 e. The highest BCUT2D eigenvalue weighted by Crippen LogP contribution is 2.59. The van der Waals surface area contributed by atoms with Crippen molar-refractivity contribution >= 4 is 189 Å². The molecule has 0 aliphatic carbocycles. The van der Waals surface area contributed by atoms with Crippen LogP contribution in [0.2, 0.25) is 0 Å². The number of anilines is 6. The van der Waals surface area contributed by atoms with E-state index in [9.17, 15) is 0 Å². The Hall–Kier alpha value is -15.2. The molecule has 0 atom stereocenters. The van der Waals surface area contributed by atoms with Crippen LogP contribution in [0.25, 0.3) is 197 Å². The van der Waals surface area contributed by atoms with E-state index in [-0.39, 0.29) is 35.4 Å². The third kappa shape index (κ3) is 11.0. The molecule has 0 saturated carbocycles. The number of hydrogen-bond donors (Lipinski definition) is 0. The summed E-state index contributed by atoms with van der Waals surface area (Å²) in [5.74, 6) is 0. The monoisotopic (exact) mass is 1700 g/mol. The number of para-hydroxylation sites is 4. The van der Waals surface area contributed by atoms with Crippen LogP contribution >= 0.6 is 0 Å². The number of hydrogen-bond acceptors (Lipinski definition) is 3. The summed E-state index contributed by atoms with van der Waals surface area (Å²) in [6.07, 6.45) is 0. The van der Waals surface area contributed by atoms with Crippen molar-refractivity contribution in [3.8, 4) is 77.9 Å². The van der Waals surface area contributed by atoms with Crippen molar-refractivity contribution in [2.45, 2.75) is 105 Å². The summed E-state index contributed by atoms with van der Waals surface area (Å²) >= 11 is 0. The molecule has 27 rings (SSSR count). The van der Waals surface area contributed by atoms with Gasteiger partial charge in [0.05, 0.1) is 0 Å². The van der Waals surface area contributed by atoms with Crippen LogP contribution in [-0.4, -0.2) is 22.7 Å². The van der Waals surface area contributed by atoms with Gasteiger partial charge in [-0.2, -0.15) is 0 Å². The SMILES string of the molecule is CC(C)(C)c1c2ccccc2c(C(C)(C)C)c2cc3c(cc12)B1c2c(cc4ccccc4c2-c2cccc4c5c(-c6c(-c7ccccc7)cc(N7c8cc9c(C(C)(C)C)c%10ccccc%10c(C(C)(C)C)c9cc8B8c9c7cc7c(oc%10ccccc%107)c9-c7cccc9c%10ccccc%10n8c79)cc6-c6ccccc6)cccc5n1c24)N3c1cc(-c2ccccc2)cc(-c2ccccc2)c1. The van der Waals surface area contributed by atoms with Crippen molar-refractivity contribution in [2.75, 3.05) is 9.80 Å². The van der Waals surface area contributed by atoms with E-state index in [2.05, 4.69) is 466 Å². The summed E-state index contributed by atoms with van der Waals surface area (Å²) in [7, 11) is 0. The quantitative estimate of drug-likeness (QED) is 0.118. The second-order valence-corrected chi connectivity index (χ2v) is 42.1. The first kappa shape index (κ1) is 77.7. The molecule has 0 bridgehead atoms. The molecular weight excluding hydrogens is 1610 g/mol. The van der Waals surface area contributed by atoms with Crippen LogP contribution in [0.1, 0.15) is 105 Å². The maximum absolute atomic E-state index is 7.48. The second kappa shape index (κ2) is 27.7. The molecule has 4 aliphatic heterocycles. The van der Waals surface area contributed by atoms with Crippen molar-refractivity contribution in [3.05, 3.63) is 386 Å². The molecule has 0 amide bonds. The van der Waals surface area contributed by atoms with Crippen LogP contribution in [0.3, 0.4) is 0 Å². The minimum atomic E-state index is -0.318. The smallest absolute Gasteiger partial charge is 0.333 e. The second-order valence-electron chi connectivity index (χ2n) is 42.1. The third-order valence-electron chi connectivity index (χ3n) is 30.0. The Balaban J connectivity index is 0.783. The van der Waals surface area contributed by atoms with Gasteiger partial charge in [-0.3, -0.25) is 0 Å². The van der Waals surface area contributed by atoms with Gasteiger partial charge >= 0.3 is 13.7 Å². The van der Waals surface area contributed by atoms with E-state index in [0.717, 1.165) is 83.6 Å². The van der Waals surface area contributed by atoms with E-state index in [1.807, 2.05) is 0 Å². The Kier molecular flexibility index (Phi) is 16.2.